The van der Waals surface area contributed by atoms with E-state index >= 15 is 0 Å². The van der Waals surface area contributed by atoms with Crippen LogP contribution in [0.3, 0.4) is 0 Å². The highest BCUT2D eigenvalue weighted by Gasteiger charge is 2.21. The summed E-state index contributed by atoms with van der Waals surface area (Å²) >= 11 is 5.81. The average molecular weight is 225 g/mol. The van der Waals surface area contributed by atoms with Gasteiger partial charge >= 0.3 is 0 Å². The predicted molar refractivity (Wildman–Crippen MR) is 62.1 cm³/mol. The lowest BCUT2D eigenvalue weighted by Crippen LogP contribution is -2.35. The van der Waals surface area contributed by atoms with Crippen LogP contribution < -0.4 is 10.6 Å². The normalized spacial score (nSPS) is 16.9. The first-order chi connectivity index (χ1) is 7.18. The number of rotatable bonds is 1. The average Bonchev–Trinajstić information content (AvgIpc) is 2.20. The lowest BCUT2D eigenvalue weighted by Gasteiger charge is -2.27. The quantitative estimate of drug-likeness (QED) is 0.745. The van der Waals surface area contributed by atoms with Crippen molar-refractivity contribution in [1.29, 1.82) is 0 Å². The molecule has 4 heteroatoms. The standard InChI is InChI=1S/C11H13ClN2O/c12-8-4-5-10(9(13)7-8)14-6-2-1-3-11(14)15/h4-5,7H,1-3,6,13H2. The predicted octanol–water partition coefficient (Wildman–Crippen LogP) is 2.44. The van der Waals surface area contributed by atoms with Crippen LogP contribution in [0.15, 0.2) is 18.2 Å². The molecule has 0 aromatic heterocycles. The maximum absolute atomic E-state index is 11.7. The molecule has 1 saturated heterocycles. The second-order valence-electron chi connectivity index (χ2n) is 3.71. The molecular formula is C11H13ClN2O. The summed E-state index contributed by atoms with van der Waals surface area (Å²) in [4.78, 5) is 13.4. The van der Waals surface area contributed by atoms with Gasteiger partial charge in [-0.2, -0.15) is 0 Å². The molecule has 15 heavy (non-hydrogen) atoms. The third kappa shape index (κ3) is 2.07. The fraction of sp³-hybridized carbons (Fsp3) is 0.364. The Labute approximate surface area is 93.8 Å². The summed E-state index contributed by atoms with van der Waals surface area (Å²) in [6.45, 7) is 0.755. The van der Waals surface area contributed by atoms with Crippen molar-refractivity contribution in [3.05, 3.63) is 23.2 Å². The van der Waals surface area contributed by atoms with Gasteiger partial charge in [-0.1, -0.05) is 11.6 Å². The molecule has 1 fully saturated rings. The maximum atomic E-state index is 11.7. The molecule has 2 rings (SSSR count). The van der Waals surface area contributed by atoms with Crippen molar-refractivity contribution in [3.63, 3.8) is 0 Å². The lowest BCUT2D eigenvalue weighted by atomic mass is 10.1. The van der Waals surface area contributed by atoms with Crippen molar-refractivity contribution in [2.75, 3.05) is 17.2 Å². The van der Waals surface area contributed by atoms with Crippen LogP contribution in [0.1, 0.15) is 19.3 Å². The monoisotopic (exact) mass is 224 g/mol. The van der Waals surface area contributed by atoms with E-state index in [1.807, 2.05) is 0 Å². The molecule has 0 saturated carbocycles. The molecule has 1 amide bonds. The molecule has 1 aliphatic rings. The summed E-state index contributed by atoms with van der Waals surface area (Å²) in [5.74, 6) is 0.148. The highest BCUT2D eigenvalue weighted by molar-refractivity contribution is 6.31. The molecule has 80 valence electrons. The minimum absolute atomic E-state index is 0.148. The van der Waals surface area contributed by atoms with Crippen LogP contribution in [0, 0.1) is 0 Å². The zero-order valence-electron chi connectivity index (χ0n) is 8.37. The number of halogens is 1. The van der Waals surface area contributed by atoms with E-state index < -0.39 is 0 Å². The molecule has 0 aliphatic carbocycles. The molecule has 0 radical (unpaired) electrons. The van der Waals surface area contributed by atoms with E-state index in [2.05, 4.69) is 0 Å². The minimum atomic E-state index is 0.148. The van der Waals surface area contributed by atoms with E-state index in [1.54, 1.807) is 23.1 Å². The fourth-order valence-corrected chi connectivity index (χ4v) is 2.01. The summed E-state index contributed by atoms with van der Waals surface area (Å²) in [7, 11) is 0. The topological polar surface area (TPSA) is 46.3 Å². The Morgan fingerprint density at radius 2 is 2.13 bits per heavy atom. The van der Waals surface area contributed by atoms with Gasteiger partial charge in [0.25, 0.3) is 0 Å². The van der Waals surface area contributed by atoms with Crippen LogP contribution in [0.5, 0.6) is 0 Å². The summed E-state index contributed by atoms with van der Waals surface area (Å²) in [5.41, 5.74) is 7.19. The Bertz CT molecular complexity index is 392. The Balaban J connectivity index is 2.31. The molecule has 1 heterocycles. The molecule has 1 aromatic rings. The second kappa shape index (κ2) is 4.11. The molecular weight excluding hydrogens is 212 g/mol. The Morgan fingerprint density at radius 1 is 1.33 bits per heavy atom. The Kier molecular flexibility index (Phi) is 2.82. The number of benzene rings is 1. The van der Waals surface area contributed by atoms with Crippen LogP contribution in [0.2, 0.25) is 5.02 Å². The van der Waals surface area contributed by atoms with Gasteiger partial charge in [0, 0.05) is 18.0 Å². The smallest absolute Gasteiger partial charge is 0.227 e. The SMILES string of the molecule is Nc1cc(Cl)ccc1N1CCCCC1=O. The number of nitrogen functional groups attached to an aromatic ring is 1. The summed E-state index contributed by atoms with van der Waals surface area (Å²) in [5, 5.41) is 0.598. The van der Waals surface area contributed by atoms with Gasteiger partial charge < -0.3 is 10.6 Å². The molecule has 0 spiro atoms. The molecule has 2 N–H and O–H groups in total. The van der Waals surface area contributed by atoms with Crippen LogP contribution in [-0.4, -0.2) is 12.5 Å². The van der Waals surface area contributed by atoms with Gasteiger partial charge in [0.15, 0.2) is 0 Å². The number of hydrogen-bond donors (Lipinski definition) is 1. The van der Waals surface area contributed by atoms with Gasteiger partial charge in [0.1, 0.15) is 0 Å². The van der Waals surface area contributed by atoms with Gasteiger partial charge in [0.05, 0.1) is 11.4 Å². The first-order valence-electron chi connectivity index (χ1n) is 5.04. The number of carbonyl (C=O) groups excluding carboxylic acids is 1. The van der Waals surface area contributed by atoms with Gasteiger partial charge in [-0.25, -0.2) is 0 Å². The molecule has 0 unspecified atom stereocenters. The van der Waals surface area contributed by atoms with Gasteiger partial charge in [-0.05, 0) is 31.0 Å². The van der Waals surface area contributed by atoms with Crippen LogP contribution in [-0.2, 0) is 4.79 Å². The van der Waals surface area contributed by atoms with Gasteiger partial charge in [0.2, 0.25) is 5.91 Å². The van der Waals surface area contributed by atoms with E-state index in [1.165, 1.54) is 0 Å². The molecule has 1 aromatic carbocycles. The summed E-state index contributed by atoms with van der Waals surface area (Å²) < 4.78 is 0. The third-order valence-electron chi connectivity index (χ3n) is 2.60. The van der Waals surface area contributed by atoms with Crippen molar-refractivity contribution in [2.45, 2.75) is 19.3 Å². The second-order valence-corrected chi connectivity index (χ2v) is 4.14. The van der Waals surface area contributed by atoms with Crippen molar-refractivity contribution in [1.82, 2.24) is 0 Å². The Hall–Kier alpha value is -1.22. The molecule has 1 aliphatic heterocycles. The highest BCUT2D eigenvalue weighted by Crippen LogP contribution is 2.29. The number of hydrogen-bond acceptors (Lipinski definition) is 2. The molecule has 3 nitrogen and oxygen atoms in total. The van der Waals surface area contributed by atoms with Crippen molar-refractivity contribution < 1.29 is 4.79 Å². The lowest BCUT2D eigenvalue weighted by molar-refractivity contribution is -0.119. The fourth-order valence-electron chi connectivity index (χ4n) is 1.83. The minimum Gasteiger partial charge on any atom is -0.397 e. The van der Waals surface area contributed by atoms with Crippen molar-refractivity contribution >= 4 is 28.9 Å². The number of nitrogens with two attached hydrogens (primary N) is 1. The molecule has 0 bridgehead atoms. The number of nitrogens with zero attached hydrogens (tertiary/aromatic N) is 1. The Morgan fingerprint density at radius 3 is 2.80 bits per heavy atom. The van der Waals surface area contributed by atoms with Crippen LogP contribution in [0.4, 0.5) is 11.4 Å². The summed E-state index contributed by atoms with van der Waals surface area (Å²) in [6.07, 6.45) is 2.62. The maximum Gasteiger partial charge on any atom is 0.227 e. The van der Waals surface area contributed by atoms with E-state index in [4.69, 9.17) is 17.3 Å². The number of carbonyl (C=O) groups is 1. The largest absolute Gasteiger partial charge is 0.397 e. The first-order valence-corrected chi connectivity index (χ1v) is 5.41. The first kappa shape index (κ1) is 10.3. The van der Waals surface area contributed by atoms with Gasteiger partial charge in [-0.15, -0.1) is 0 Å². The molecule has 0 atom stereocenters. The van der Waals surface area contributed by atoms with Crippen LogP contribution in [0.25, 0.3) is 0 Å². The summed E-state index contributed by atoms with van der Waals surface area (Å²) in [6, 6.07) is 5.24. The number of piperidine rings is 1. The third-order valence-corrected chi connectivity index (χ3v) is 2.84. The van der Waals surface area contributed by atoms with E-state index in [-0.39, 0.29) is 5.91 Å². The zero-order chi connectivity index (χ0) is 10.8. The number of anilines is 2. The highest BCUT2D eigenvalue weighted by atomic mass is 35.5. The van der Waals surface area contributed by atoms with Crippen molar-refractivity contribution in [3.8, 4) is 0 Å². The van der Waals surface area contributed by atoms with E-state index in [9.17, 15) is 4.79 Å². The van der Waals surface area contributed by atoms with Crippen molar-refractivity contribution in [2.24, 2.45) is 0 Å². The van der Waals surface area contributed by atoms with E-state index in [0.717, 1.165) is 25.1 Å². The van der Waals surface area contributed by atoms with Crippen LogP contribution >= 0.6 is 11.6 Å². The van der Waals surface area contributed by atoms with E-state index in [0.29, 0.717) is 17.1 Å². The zero-order valence-corrected chi connectivity index (χ0v) is 9.13. The number of amides is 1. The van der Waals surface area contributed by atoms with Gasteiger partial charge in [-0.3, -0.25) is 4.79 Å².